The molecule has 0 aliphatic carbocycles. The third-order valence-electron chi connectivity index (χ3n) is 4.28. The fourth-order valence-corrected chi connectivity index (χ4v) is 2.79. The molecule has 2 rings (SSSR count). The molecule has 2 atom stereocenters. The van der Waals surface area contributed by atoms with Crippen molar-refractivity contribution in [1.29, 1.82) is 0 Å². The molecule has 0 aromatic heterocycles. The lowest BCUT2D eigenvalue weighted by molar-refractivity contribution is -0.840. The van der Waals surface area contributed by atoms with Gasteiger partial charge in [0.15, 0.2) is 12.7 Å². The van der Waals surface area contributed by atoms with Crippen molar-refractivity contribution in [1.82, 2.24) is 0 Å². The molecule has 2 aliphatic rings. The Bertz CT molecular complexity index is 356. The molecule has 2 aliphatic heterocycles. The first kappa shape index (κ1) is 15.1. The zero-order valence-electron chi connectivity index (χ0n) is 12.9. The number of nitrogens with zero attached hydrogens (tertiary/aromatic N) is 4. The van der Waals surface area contributed by atoms with Crippen molar-refractivity contribution < 1.29 is 8.97 Å². The third kappa shape index (κ3) is 3.64. The van der Waals surface area contributed by atoms with Crippen molar-refractivity contribution in [2.24, 2.45) is 9.98 Å². The molecule has 0 spiro atoms. The first-order chi connectivity index (χ1) is 9.74. The van der Waals surface area contributed by atoms with E-state index in [1.54, 1.807) is 0 Å². The highest BCUT2D eigenvalue weighted by Crippen LogP contribution is 2.18. The number of hydrogen-bond acceptors (Lipinski definition) is 2. The lowest BCUT2D eigenvalue weighted by Gasteiger charge is -2.33. The summed E-state index contributed by atoms with van der Waals surface area (Å²) >= 11 is 0. The monoisotopic (exact) mass is 276 g/mol. The predicted octanol–water partition coefficient (Wildman–Crippen LogP) is 3.25. The Kier molecular flexibility index (Phi) is 5.26. The SMILES string of the molecule is CCCC[N+]1(CC[N+]2(CCCC)C=CN=C2)C=CN=C1. The van der Waals surface area contributed by atoms with E-state index in [9.17, 15) is 0 Å². The fourth-order valence-electron chi connectivity index (χ4n) is 2.79. The van der Waals surface area contributed by atoms with Gasteiger partial charge >= 0.3 is 0 Å². The summed E-state index contributed by atoms with van der Waals surface area (Å²) in [4.78, 5) is 8.66. The van der Waals surface area contributed by atoms with E-state index in [1.165, 1.54) is 25.7 Å². The average Bonchev–Trinajstić information content (AvgIpc) is 3.12. The summed E-state index contributed by atoms with van der Waals surface area (Å²) in [6, 6.07) is 0. The Labute approximate surface area is 123 Å². The minimum Gasteiger partial charge on any atom is -0.249 e. The molecular formula is C16H28N4+2. The van der Waals surface area contributed by atoms with E-state index in [1.807, 2.05) is 12.4 Å². The molecule has 0 N–H and O–H groups in total. The summed E-state index contributed by atoms with van der Waals surface area (Å²) in [6.07, 6.45) is 17.5. The van der Waals surface area contributed by atoms with Gasteiger partial charge in [-0.3, -0.25) is 0 Å². The molecule has 20 heavy (non-hydrogen) atoms. The zero-order chi connectivity index (χ0) is 14.3. The van der Waals surface area contributed by atoms with E-state index < -0.39 is 0 Å². The Morgan fingerprint density at radius 2 is 1.15 bits per heavy atom. The average molecular weight is 276 g/mol. The smallest absolute Gasteiger partial charge is 0.194 e. The molecule has 4 nitrogen and oxygen atoms in total. The Morgan fingerprint density at radius 3 is 1.45 bits per heavy atom. The van der Waals surface area contributed by atoms with E-state index in [4.69, 9.17) is 0 Å². The molecule has 0 amide bonds. The van der Waals surface area contributed by atoms with E-state index in [2.05, 4.69) is 48.9 Å². The summed E-state index contributed by atoms with van der Waals surface area (Å²) in [5.74, 6) is 0. The van der Waals surface area contributed by atoms with Gasteiger partial charge in [0.05, 0.1) is 25.5 Å². The molecule has 4 heteroatoms. The van der Waals surface area contributed by atoms with Crippen LogP contribution in [-0.4, -0.2) is 47.8 Å². The fraction of sp³-hybridized carbons (Fsp3) is 0.625. The largest absolute Gasteiger partial charge is 0.249 e. The summed E-state index contributed by atoms with van der Waals surface area (Å²) in [6.45, 7) is 9.01. The highest BCUT2D eigenvalue weighted by Gasteiger charge is 2.33. The van der Waals surface area contributed by atoms with E-state index in [0.29, 0.717) is 0 Å². The summed E-state index contributed by atoms with van der Waals surface area (Å²) in [7, 11) is 0. The van der Waals surface area contributed by atoms with Crippen molar-refractivity contribution in [3.05, 3.63) is 24.8 Å². The first-order valence-electron chi connectivity index (χ1n) is 7.91. The van der Waals surface area contributed by atoms with Crippen LogP contribution in [0.5, 0.6) is 0 Å². The number of quaternary nitrogens is 2. The number of aliphatic imine (C=N–C) groups is 2. The maximum absolute atomic E-state index is 4.33. The molecule has 0 bridgehead atoms. The van der Waals surface area contributed by atoms with Crippen LogP contribution in [-0.2, 0) is 0 Å². The van der Waals surface area contributed by atoms with Crippen LogP contribution in [0.1, 0.15) is 39.5 Å². The minimum atomic E-state index is 0.904. The standard InChI is InChI=1S/C16H28N4/c1-3-5-9-19(11-7-17-15-19)13-14-20(10-6-4-2)12-8-18-16-20/h7-8,11-12,15-16H,3-6,9-10,13-14H2,1-2H3/q+2. The zero-order valence-corrected chi connectivity index (χ0v) is 12.9. The van der Waals surface area contributed by atoms with Gasteiger partial charge in [-0.25, -0.2) is 19.0 Å². The van der Waals surface area contributed by atoms with Crippen molar-refractivity contribution in [3.8, 4) is 0 Å². The van der Waals surface area contributed by atoms with Gasteiger partial charge in [0.25, 0.3) is 0 Å². The molecule has 2 heterocycles. The topological polar surface area (TPSA) is 24.7 Å². The molecule has 0 aromatic carbocycles. The molecule has 0 saturated carbocycles. The van der Waals surface area contributed by atoms with Crippen LogP contribution < -0.4 is 0 Å². The van der Waals surface area contributed by atoms with E-state index >= 15 is 0 Å². The minimum absolute atomic E-state index is 0.904. The third-order valence-corrected chi connectivity index (χ3v) is 4.28. The summed E-state index contributed by atoms with van der Waals surface area (Å²) in [5, 5.41) is 0. The molecule has 0 fully saturated rings. The molecule has 0 aromatic rings. The van der Waals surface area contributed by atoms with Gasteiger partial charge in [0.1, 0.15) is 25.5 Å². The molecule has 110 valence electrons. The molecule has 0 saturated heterocycles. The highest BCUT2D eigenvalue weighted by atomic mass is 15.4. The van der Waals surface area contributed by atoms with Gasteiger partial charge < -0.3 is 0 Å². The van der Waals surface area contributed by atoms with Crippen LogP contribution in [0.25, 0.3) is 0 Å². The van der Waals surface area contributed by atoms with Crippen molar-refractivity contribution in [2.75, 3.05) is 26.2 Å². The van der Waals surface area contributed by atoms with Crippen molar-refractivity contribution >= 4 is 12.7 Å². The van der Waals surface area contributed by atoms with Crippen LogP contribution >= 0.6 is 0 Å². The predicted molar refractivity (Wildman–Crippen MR) is 85.1 cm³/mol. The maximum Gasteiger partial charge on any atom is 0.194 e. The number of unbranched alkanes of at least 4 members (excludes halogenated alkanes) is 2. The van der Waals surface area contributed by atoms with Gasteiger partial charge in [-0.05, 0) is 12.8 Å². The number of rotatable bonds is 9. The van der Waals surface area contributed by atoms with Gasteiger partial charge in [0, 0.05) is 0 Å². The molecule has 2 unspecified atom stereocenters. The van der Waals surface area contributed by atoms with Crippen LogP contribution in [0.2, 0.25) is 0 Å². The van der Waals surface area contributed by atoms with Gasteiger partial charge in [-0.2, -0.15) is 0 Å². The van der Waals surface area contributed by atoms with Crippen molar-refractivity contribution in [2.45, 2.75) is 39.5 Å². The summed E-state index contributed by atoms with van der Waals surface area (Å²) < 4.78 is 1.81. The Hall–Kier alpha value is -1.26. The molecule has 0 radical (unpaired) electrons. The van der Waals surface area contributed by atoms with Crippen LogP contribution in [0.4, 0.5) is 0 Å². The van der Waals surface area contributed by atoms with Gasteiger partial charge in [0.2, 0.25) is 0 Å². The second kappa shape index (κ2) is 6.95. The lowest BCUT2D eigenvalue weighted by atomic mass is 10.2. The van der Waals surface area contributed by atoms with E-state index in [-0.39, 0.29) is 0 Å². The highest BCUT2D eigenvalue weighted by molar-refractivity contribution is 5.52. The lowest BCUT2D eigenvalue weighted by Crippen LogP contribution is -2.51. The Balaban J connectivity index is 1.97. The Morgan fingerprint density at radius 1 is 0.700 bits per heavy atom. The second-order valence-corrected chi connectivity index (χ2v) is 5.93. The molecular weight excluding hydrogens is 248 g/mol. The normalized spacial score (nSPS) is 30.7. The van der Waals surface area contributed by atoms with Crippen LogP contribution in [0.15, 0.2) is 34.8 Å². The van der Waals surface area contributed by atoms with Gasteiger partial charge in [-0.1, -0.05) is 26.7 Å². The van der Waals surface area contributed by atoms with Gasteiger partial charge in [-0.15, -0.1) is 0 Å². The van der Waals surface area contributed by atoms with E-state index in [0.717, 1.165) is 35.1 Å². The summed E-state index contributed by atoms with van der Waals surface area (Å²) in [5.41, 5.74) is 0. The number of hydrogen-bond donors (Lipinski definition) is 0. The maximum atomic E-state index is 4.33. The second-order valence-electron chi connectivity index (χ2n) is 5.93. The quantitative estimate of drug-likeness (QED) is 0.578. The van der Waals surface area contributed by atoms with Crippen molar-refractivity contribution in [3.63, 3.8) is 0 Å². The first-order valence-corrected chi connectivity index (χ1v) is 7.91. The van der Waals surface area contributed by atoms with Crippen LogP contribution in [0, 0.1) is 0 Å². The van der Waals surface area contributed by atoms with Crippen LogP contribution in [0.3, 0.4) is 0 Å².